The lowest BCUT2D eigenvalue weighted by Gasteiger charge is -2.36. The molecule has 3 rings (SSSR count). The molecule has 1 aromatic carbocycles. The average molecular weight is 412 g/mol. The number of aryl methyl sites for hydroxylation is 1. The van der Waals surface area contributed by atoms with Crippen LogP contribution in [0.3, 0.4) is 0 Å². The summed E-state index contributed by atoms with van der Waals surface area (Å²) in [6.07, 6.45) is 1.91. The number of carbonyl (C=O) groups is 1. The Morgan fingerprint density at radius 2 is 2.04 bits per heavy atom. The summed E-state index contributed by atoms with van der Waals surface area (Å²) in [5.41, 5.74) is 2.89. The molecule has 8 nitrogen and oxygen atoms in total. The van der Waals surface area contributed by atoms with Gasteiger partial charge in [0.25, 0.3) is 10.2 Å². The minimum Gasteiger partial charge on any atom is -0.324 e. The van der Waals surface area contributed by atoms with Crippen LogP contribution in [0.25, 0.3) is 0 Å². The van der Waals surface area contributed by atoms with Crippen LogP contribution in [0.1, 0.15) is 29.3 Å². The lowest BCUT2D eigenvalue weighted by atomic mass is 10.00. The normalized spacial score (nSPS) is 22.6. The van der Waals surface area contributed by atoms with E-state index in [4.69, 9.17) is 11.6 Å². The van der Waals surface area contributed by atoms with Gasteiger partial charge in [-0.3, -0.25) is 9.48 Å². The molecule has 0 aliphatic carbocycles. The molecule has 2 atom stereocenters. The Morgan fingerprint density at radius 3 is 2.67 bits per heavy atom. The van der Waals surface area contributed by atoms with Crippen LogP contribution in [0.5, 0.6) is 0 Å². The van der Waals surface area contributed by atoms with Gasteiger partial charge in [-0.15, -0.1) is 0 Å². The molecule has 2 aromatic rings. The summed E-state index contributed by atoms with van der Waals surface area (Å²) in [5, 5.41) is 7.50. The summed E-state index contributed by atoms with van der Waals surface area (Å²) in [4.78, 5) is 12.9. The van der Waals surface area contributed by atoms with E-state index in [-0.39, 0.29) is 6.42 Å². The van der Waals surface area contributed by atoms with Crippen LogP contribution in [0.2, 0.25) is 5.02 Å². The van der Waals surface area contributed by atoms with Crippen molar-refractivity contribution < 1.29 is 13.2 Å². The maximum absolute atomic E-state index is 12.9. The van der Waals surface area contributed by atoms with Crippen LogP contribution in [0, 0.1) is 13.8 Å². The quantitative estimate of drug-likeness (QED) is 0.806. The number of carbonyl (C=O) groups excluding carboxylic acids is 1. The van der Waals surface area contributed by atoms with E-state index < -0.39 is 28.2 Å². The molecule has 146 valence electrons. The zero-order chi connectivity index (χ0) is 19.9. The van der Waals surface area contributed by atoms with Crippen molar-refractivity contribution in [2.75, 3.05) is 12.4 Å². The fourth-order valence-electron chi connectivity index (χ4n) is 3.13. The molecule has 10 heteroatoms. The first-order chi connectivity index (χ1) is 12.6. The number of halogens is 1. The molecular formula is C17H22ClN5O3S. The van der Waals surface area contributed by atoms with Gasteiger partial charge in [0.15, 0.2) is 0 Å². The number of nitrogens with one attached hydrogen (secondary N) is 2. The second kappa shape index (κ2) is 7.23. The van der Waals surface area contributed by atoms with E-state index >= 15 is 0 Å². The fraction of sp³-hybridized carbons (Fsp3) is 0.412. The number of hydrogen-bond acceptors (Lipinski definition) is 4. The van der Waals surface area contributed by atoms with Gasteiger partial charge >= 0.3 is 0 Å². The predicted octanol–water partition coefficient (Wildman–Crippen LogP) is 1.91. The Bertz CT molecular complexity index is 988. The molecular weight excluding hydrogens is 390 g/mol. The molecule has 1 amide bonds. The Morgan fingerprint density at radius 1 is 1.33 bits per heavy atom. The van der Waals surface area contributed by atoms with Gasteiger partial charge in [-0.1, -0.05) is 17.7 Å². The Labute approximate surface area is 163 Å². The number of anilines is 1. The van der Waals surface area contributed by atoms with E-state index in [0.29, 0.717) is 10.7 Å². The van der Waals surface area contributed by atoms with Gasteiger partial charge in [0, 0.05) is 36.1 Å². The van der Waals surface area contributed by atoms with Crippen molar-refractivity contribution >= 4 is 33.4 Å². The highest BCUT2D eigenvalue weighted by molar-refractivity contribution is 7.87. The van der Waals surface area contributed by atoms with Crippen LogP contribution in [-0.2, 0) is 22.1 Å². The number of rotatable bonds is 3. The number of benzene rings is 1. The summed E-state index contributed by atoms with van der Waals surface area (Å²) in [7, 11) is -0.633. The van der Waals surface area contributed by atoms with Crippen molar-refractivity contribution in [2.24, 2.45) is 7.05 Å². The highest BCUT2D eigenvalue weighted by atomic mass is 35.5. The smallest absolute Gasteiger partial charge is 0.280 e. The SMILES string of the molecule is Cc1c(Cl)cccc1NC(=O)[C@H]1C[C@@H](c2cnn(C)c2C)NS(=O)(=O)N1C. The third kappa shape index (κ3) is 3.73. The van der Waals surface area contributed by atoms with Gasteiger partial charge in [0.05, 0.1) is 12.2 Å². The molecule has 1 aliphatic heterocycles. The maximum atomic E-state index is 12.9. The zero-order valence-corrected chi connectivity index (χ0v) is 17.1. The lowest BCUT2D eigenvalue weighted by molar-refractivity contribution is -0.120. The van der Waals surface area contributed by atoms with E-state index in [1.807, 2.05) is 6.92 Å². The van der Waals surface area contributed by atoms with Crippen LogP contribution in [0.4, 0.5) is 5.69 Å². The first-order valence-corrected chi connectivity index (χ1v) is 10.2. The topological polar surface area (TPSA) is 96.3 Å². The average Bonchev–Trinajstić information content (AvgIpc) is 2.93. The monoisotopic (exact) mass is 411 g/mol. The first kappa shape index (κ1) is 19.8. The van der Waals surface area contributed by atoms with Crippen LogP contribution in [-0.4, -0.2) is 41.5 Å². The van der Waals surface area contributed by atoms with E-state index in [1.165, 1.54) is 7.05 Å². The molecule has 0 bridgehead atoms. The highest BCUT2D eigenvalue weighted by Gasteiger charge is 2.41. The van der Waals surface area contributed by atoms with Gasteiger partial charge < -0.3 is 5.32 Å². The van der Waals surface area contributed by atoms with Crippen molar-refractivity contribution in [3.8, 4) is 0 Å². The van der Waals surface area contributed by atoms with Gasteiger partial charge in [0.1, 0.15) is 6.04 Å². The molecule has 0 unspecified atom stereocenters. The predicted molar refractivity (Wildman–Crippen MR) is 104 cm³/mol. The Balaban J connectivity index is 1.89. The van der Waals surface area contributed by atoms with Crippen molar-refractivity contribution in [3.05, 3.63) is 46.2 Å². The van der Waals surface area contributed by atoms with Gasteiger partial charge in [-0.05, 0) is 38.0 Å². The summed E-state index contributed by atoms with van der Waals surface area (Å²) in [5.74, 6) is -0.403. The zero-order valence-electron chi connectivity index (χ0n) is 15.5. The van der Waals surface area contributed by atoms with Crippen LogP contribution in [0.15, 0.2) is 24.4 Å². The van der Waals surface area contributed by atoms with E-state index in [1.54, 1.807) is 43.0 Å². The first-order valence-electron chi connectivity index (χ1n) is 8.41. The molecule has 27 heavy (non-hydrogen) atoms. The molecule has 1 fully saturated rings. The summed E-state index contributed by atoms with van der Waals surface area (Å²) in [6, 6.07) is 3.80. The molecule has 2 heterocycles. The second-order valence-electron chi connectivity index (χ2n) is 6.65. The Kier molecular flexibility index (Phi) is 5.31. The van der Waals surface area contributed by atoms with Gasteiger partial charge in [0.2, 0.25) is 5.91 Å². The Hall–Kier alpha value is -1.94. The van der Waals surface area contributed by atoms with Gasteiger partial charge in [-0.25, -0.2) is 0 Å². The lowest BCUT2D eigenvalue weighted by Crippen LogP contribution is -2.56. The number of amides is 1. The van der Waals surface area contributed by atoms with Crippen LogP contribution >= 0.6 is 11.6 Å². The molecule has 1 aromatic heterocycles. The number of nitrogens with zero attached hydrogens (tertiary/aromatic N) is 3. The summed E-state index contributed by atoms with van der Waals surface area (Å²) >= 11 is 6.10. The number of likely N-dealkylation sites (N-methyl/N-ethyl adjacent to an activating group) is 1. The standard InChI is InChI=1S/C17H22ClN5O3S/c1-10-13(18)6-5-7-14(10)20-17(24)16-8-15(21-27(25,26)23(16)4)12-9-19-22(3)11(12)2/h5-7,9,15-16,21H,8H2,1-4H3,(H,20,24)/t15-,16+/m0/s1. The van der Waals surface area contributed by atoms with E-state index in [9.17, 15) is 13.2 Å². The molecule has 0 saturated carbocycles. The molecule has 1 saturated heterocycles. The third-order valence-corrected chi connectivity index (χ3v) is 7.05. The van der Waals surface area contributed by atoms with E-state index in [2.05, 4.69) is 15.1 Å². The van der Waals surface area contributed by atoms with Crippen molar-refractivity contribution in [1.82, 2.24) is 18.8 Å². The number of hydrogen-bond donors (Lipinski definition) is 2. The third-order valence-electron chi connectivity index (χ3n) is 5.05. The fourth-order valence-corrected chi connectivity index (χ4v) is 4.57. The van der Waals surface area contributed by atoms with Crippen molar-refractivity contribution in [3.63, 3.8) is 0 Å². The minimum absolute atomic E-state index is 0.285. The number of aromatic nitrogens is 2. The highest BCUT2D eigenvalue weighted by Crippen LogP contribution is 2.30. The molecule has 2 N–H and O–H groups in total. The second-order valence-corrected chi connectivity index (χ2v) is 8.82. The van der Waals surface area contributed by atoms with Crippen molar-refractivity contribution in [1.29, 1.82) is 0 Å². The largest absolute Gasteiger partial charge is 0.324 e. The van der Waals surface area contributed by atoms with E-state index in [0.717, 1.165) is 21.1 Å². The molecule has 1 aliphatic rings. The molecule has 0 spiro atoms. The maximum Gasteiger partial charge on any atom is 0.280 e. The summed E-state index contributed by atoms with van der Waals surface area (Å²) < 4.78 is 30.5. The minimum atomic E-state index is -3.81. The van der Waals surface area contributed by atoms with Crippen molar-refractivity contribution in [2.45, 2.75) is 32.4 Å². The van der Waals surface area contributed by atoms with Gasteiger partial charge in [-0.2, -0.15) is 22.5 Å². The summed E-state index contributed by atoms with van der Waals surface area (Å²) in [6.45, 7) is 3.65. The molecule has 0 radical (unpaired) electrons. The van der Waals surface area contributed by atoms with Crippen LogP contribution < -0.4 is 10.0 Å².